The van der Waals surface area contributed by atoms with Crippen molar-refractivity contribution in [3.63, 3.8) is 0 Å². The molecule has 0 amide bonds. The molecule has 0 saturated heterocycles. The summed E-state index contributed by atoms with van der Waals surface area (Å²) in [6, 6.07) is 3.71. The number of benzene rings is 2. The van der Waals surface area contributed by atoms with Crippen LogP contribution in [0.4, 0.5) is 4.39 Å². The lowest BCUT2D eigenvalue weighted by molar-refractivity contribution is -0.131. The van der Waals surface area contributed by atoms with Crippen molar-refractivity contribution >= 4 is 16.7 Å². The van der Waals surface area contributed by atoms with Crippen LogP contribution in [-0.2, 0) is 4.79 Å². The number of rotatable bonds is 3. The number of carbonyl (C=O) groups excluding carboxylic acids is 1. The first-order valence-corrected chi connectivity index (χ1v) is 5.74. The van der Waals surface area contributed by atoms with E-state index in [2.05, 4.69) is 0 Å². The fourth-order valence-corrected chi connectivity index (χ4v) is 1.99. The fraction of sp³-hybridized carbons (Fsp3) is 0.214. The monoisotopic (exact) mass is 280 g/mol. The molecule has 0 radical (unpaired) electrons. The molecule has 0 saturated carbocycles. The molecule has 0 aliphatic heterocycles. The lowest BCUT2D eigenvalue weighted by atomic mass is 10.1. The predicted octanol–water partition coefficient (Wildman–Crippen LogP) is 2.63. The number of phenolic OH excluding ortho intramolecular Hbond substituents is 1. The SMILES string of the molecule is COc1c(OC)c(OC(C)=O)c2ccc(F)cc2c1O. The molecule has 0 aromatic heterocycles. The number of ether oxygens (including phenoxy) is 3. The van der Waals surface area contributed by atoms with Crippen molar-refractivity contribution in [1.29, 1.82) is 0 Å². The maximum atomic E-state index is 13.3. The Morgan fingerprint density at radius 2 is 1.75 bits per heavy atom. The van der Waals surface area contributed by atoms with Gasteiger partial charge in [-0.25, -0.2) is 4.39 Å². The summed E-state index contributed by atoms with van der Waals surface area (Å²) in [4.78, 5) is 11.2. The molecule has 2 rings (SSSR count). The third-order valence-corrected chi connectivity index (χ3v) is 2.76. The Morgan fingerprint density at radius 1 is 1.10 bits per heavy atom. The molecule has 0 heterocycles. The van der Waals surface area contributed by atoms with Crippen molar-refractivity contribution in [2.45, 2.75) is 6.92 Å². The Bertz CT molecular complexity index is 681. The van der Waals surface area contributed by atoms with E-state index in [1.54, 1.807) is 0 Å². The van der Waals surface area contributed by atoms with Crippen LogP contribution >= 0.6 is 0 Å². The van der Waals surface area contributed by atoms with Crippen LogP contribution in [0.1, 0.15) is 6.92 Å². The van der Waals surface area contributed by atoms with Crippen LogP contribution in [-0.4, -0.2) is 25.3 Å². The topological polar surface area (TPSA) is 65.0 Å². The van der Waals surface area contributed by atoms with E-state index in [4.69, 9.17) is 14.2 Å². The molecule has 0 aliphatic carbocycles. The lowest BCUT2D eigenvalue weighted by Gasteiger charge is -2.16. The molecule has 106 valence electrons. The van der Waals surface area contributed by atoms with Gasteiger partial charge in [-0.05, 0) is 18.2 Å². The number of fused-ring (bicyclic) bond motifs is 1. The minimum absolute atomic E-state index is 0.0261. The Labute approximate surface area is 114 Å². The highest BCUT2D eigenvalue weighted by molar-refractivity contribution is 5.99. The van der Waals surface area contributed by atoms with Crippen LogP contribution in [0.15, 0.2) is 18.2 Å². The molecular weight excluding hydrogens is 267 g/mol. The van der Waals surface area contributed by atoms with E-state index in [-0.39, 0.29) is 28.4 Å². The zero-order valence-electron chi connectivity index (χ0n) is 11.2. The zero-order chi connectivity index (χ0) is 14.9. The molecule has 0 aliphatic rings. The maximum Gasteiger partial charge on any atom is 0.308 e. The molecule has 2 aromatic carbocycles. The van der Waals surface area contributed by atoms with E-state index >= 15 is 0 Å². The van der Waals surface area contributed by atoms with Crippen molar-refractivity contribution in [2.24, 2.45) is 0 Å². The summed E-state index contributed by atoms with van der Waals surface area (Å²) in [7, 11) is 2.67. The van der Waals surface area contributed by atoms with Crippen molar-refractivity contribution < 1.29 is 28.5 Å². The van der Waals surface area contributed by atoms with E-state index in [1.165, 1.54) is 33.3 Å². The average molecular weight is 280 g/mol. The smallest absolute Gasteiger partial charge is 0.308 e. The first kappa shape index (κ1) is 13.9. The van der Waals surface area contributed by atoms with Gasteiger partial charge in [-0.15, -0.1) is 0 Å². The van der Waals surface area contributed by atoms with E-state index in [9.17, 15) is 14.3 Å². The second-order valence-electron chi connectivity index (χ2n) is 4.03. The van der Waals surface area contributed by atoms with Crippen LogP contribution in [0.5, 0.6) is 23.0 Å². The van der Waals surface area contributed by atoms with Gasteiger partial charge in [0, 0.05) is 17.7 Å². The molecule has 1 N–H and O–H groups in total. The first-order chi connectivity index (χ1) is 9.49. The van der Waals surface area contributed by atoms with Gasteiger partial charge in [0.1, 0.15) is 5.82 Å². The molecule has 0 fully saturated rings. The Balaban J connectivity index is 2.91. The highest BCUT2D eigenvalue weighted by atomic mass is 19.1. The molecule has 2 aromatic rings. The van der Waals surface area contributed by atoms with Gasteiger partial charge in [-0.3, -0.25) is 4.79 Å². The van der Waals surface area contributed by atoms with Crippen molar-refractivity contribution in [3.8, 4) is 23.0 Å². The van der Waals surface area contributed by atoms with Gasteiger partial charge in [-0.2, -0.15) is 0 Å². The highest BCUT2D eigenvalue weighted by Gasteiger charge is 2.23. The number of hydrogen-bond donors (Lipinski definition) is 1. The van der Waals surface area contributed by atoms with E-state index in [1.807, 2.05) is 0 Å². The van der Waals surface area contributed by atoms with Gasteiger partial charge >= 0.3 is 5.97 Å². The largest absolute Gasteiger partial charge is 0.504 e. The molecule has 0 spiro atoms. The van der Waals surface area contributed by atoms with Crippen LogP contribution in [0, 0.1) is 5.82 Å². The number of halogens is 1. The van der Waals surface area contributed by atoms with Gasteiger partial charge < -0.3 is 19.3 Å². The van der Waals surface area contributed by atoms with Gasteiger partial charge in [0.15, 0.2) is 11.5 Å². The Kier molecular flexibility index (Phi) is 3.65. The standard InChI is InChI=1S/C14H13FO5/c1-7(16)20-12-9-5-4-8(15)6-10(9)11(17)13(18-2)14(12)19-3/h4-6,17H,1-3H3. The summed E-state index contributed by atoms with van der Waals surface area (Å²) in [5, 5.41) is 10.6. The minimum atomic E-state index is -0.568. The van der Waals surface area contributed by atoms with Crippen molar-refractivity contribution in [3.05, 3.63) is 24.0 Å². The number of hydrogen-bond acceptors (Lipinski definition) is 5. The average Bonchev–Trinajstić information content (AvgIpc) is 2.41. The minimum Gasteiger partial charge on any atom is -0.504 e. The number of methoxy groups -OCH3 is 2. The van der Waals surface area contributed by atoms with E-state index < -0.39 is 11.8 Å². The number of esters is 1. The fourth-order valence-electron chi connectivity index (χ4n) is 1.99. The van der Waals surface area contributed by atoms with Gasteiger partial charge in [0.25, 0.3) is 0 Å². The molecule has 0 atom stereocenters. The highest BCUT2D eigenvalue weighted by Crippen LogP contribution is 2.50. The third-order valence-electron chi connectivity index (χ3n) is 2.76. The van der Waals surface area contributed by atoms with Crippen LogP contribution < -0.4 is 14.2 Å². The first-order valence-electron chi connectivity index (χ1n) is 5.74. The van der Waals surface area contributed by atoms with Crippen LogP contribution in [0.2, 0.25) is 0 Å². The Morgan fingerprint density at radius 3 is 2.30 bits per heavy atom. The second kappa shape index (κ2) is 5.24. The molecule has 0 bridgehead atoms. The Hall–Kier alpha value is -2.50. The summed E-state index contributed by atoms with van der Waals surface area (Å²) >= 11 is 0. The molecular formula is C14H13FO5. The summed E-state index contributed by atoms with van der Waals surface area (Å²) in [5.41, 5.74) is 0. The number of phenols is 1. The maximum absolute atomic E-state index is 13.3. The number of carbonyl (C=O) groups is 1. The van der Waals surface area contributed by atoms with Crippen molar-refractivity contribution in [2.75, 3.05) is 14.2 Å². The summed E-state index contributed by atoms with van der Waals surface area (Å²) in [6.45, 7) is 1.23. The van der Waals surface area contributed by atoms with E-state index in [0.717, 1.165) is 6.07 Å². The lowest BCUT2D eigenvalue weighted by Crippen LogP contribution is -2.05. The predicted molar refractivity (Wildman–Crippen MR) is 70.0 cm³/mol. The van der Waals surface area contributed by atoms with Gasteiger partial charge in [-0.1, -0.05) is 0 Å². The molecule has 20 heavy (non-hydrogen) atoms. The normalized spacial score (nSPS) is 10.4. The number of aromatic hydroxyl groups is 1. The van der Waals surface area contributed by atoms with E-state index in [0.29, 0.717) is 5.39 Å². The van der Waals surface area contributed by atoms with Crippen LogP contribution in [0.25, 0.3) is 10.8 Å². The summed E-state index contributed by atoms with van der Waals surface area (Å²) < 4.78 is 28.6. The van der Waals surface area contributed by atoms with Crippen molar-refractivity contribution in [1.82, 2.24) is 0 Å². The summed E-state index contributed by atoms with van der Waals surface area (Å²) in [5.74, 6) is -1.27. The zero-order valence-corrected chi connectivity index (χ0v) is 11.2. The van der Waals surface area contributed by atoms with Crippen LogP contribution in [0.3, 0.4) is 0 Å². The van der Waals surface area contributed by atoms with Gasteiger partial charge in [0.05, 0.1) is 14.2 Å². The molecule has 0 unspecified atom stereocenters. The summed E-state index contributed by atoms with van der Waals surface area (Å²) in [6.07, 6.45) is 0. The molecule has 5 nitrogen and oxygen atoms in total. The third kappa shape index (κ3) is 2.20. The molecule has 6 heteroatoms. The quantitative estimate of drug-likeness (QED) is 0.691. The van der Waals surface area contributed by atoms with Gasteiger partial charge in [0.2, 0.25) is 11.5 Å². The second-order valence-corrected chi connectivity index (χ2v) is 4.03.